The van der Waals surface area contributed by atoms with Gasteiger partial charge in [-0.1, -0.05) is 68.7 Å². The SMILES string of the molecule is [CH2]c1ccc(N(CCCCCC)Cc2ccccc2)cc1. The minimum absolute atomic E-state index is 0.976. The van der Waals surface area contributed by atoms with Crippen molar-refractivity contribution < 1.29 is 0 Å². The van der Waals surface area contributed by atoms with E-state index in [1.165, 1.54) is 36.9 Å². The van der Waals surface area contributed by atoms with Crippen LogP contribution in [0.15, 0.2) is 54.6 Å². The van der Waals surface area contributed by atoms with E-state index in [4.69, 9.17) is 0 Å². The van der Waals surface area contributed by atoms with E-state index in [1.54, 1.807) is 0 Å². The predicted molar refractivity (Wildman–Crippen MR) is 92.5 cm³/mol. The van der Waals surface area contributed by atoms with Gasteiger partial charge in [0.1, 0.15) is 0 Å². The van der Waals surface area contributed by atoms with Gasteiger partial charge in [0.15, 0.2) is 0 Å². The zero-order chi connectivity index (χ0) is 14.9. The molecule has 0 bridgehead atoms. The van der Waals surface area contributed by atoms with Crippen LogP contribution in [-0.4, -0.2) is 6.54 Å². The molecule has 0 saturated heterocycles. The van der Waals surface area contributed by atoms with E-state index in [-0.39, 0.29) is 0 Å². The molecule has 2 aromatic carbocycles. The molecule has 1 heteroatoms. The molecule has 111 valence electrons. The van der Waals surface area contributed by atoms with Crippen LogP contribution in [0.1, 0.15) is 43.7 Å². The van der Waals surface area contributed by atoms with Crippen molar-refractivity contribution in [3.05, 3.63) is 72.6 Å². The van der Waals surface area contributed by atoms with Gasteiger partial charge >= 0.3 is 0 Å². The van der Waals surface area contributed by atoms with Crippen LogP contribution in [-0.2, 0) is 6.54 Å². The number of nitrogens with zero attached hydrogens (tertiary/aromatic N) is 1. The summed E-state index contributed by atoms with van der Waals surface area (Å²) in [6.45, 7) is 8.32. The second-order valence-electron chi connectivity index (χ2n) is 5.63. The Balaban J connectivity index is 2.04. The van der Waals surface area contributed by atoms with Crippen LogP contribution in [0.2, 0.25) is 0 Å². The lowest BCUT2D eigenvalue weighted by Crippen LogP contribution is -2.23. The first-order valence-corrected chi connectivity index (χ1v) is 8.00. The maximum Gasteiger partial charge on any atom is 0.0429 e. The Kier molecular flexibility index (Phi) is 6.33. The van der Waals surface area contributed by atoms with Crippen LogP contribution >= 0.6 is 0 Å². The van der Waals surface area contributed by atoms with Gasteiger partial charge in [-0.25, -0.2) is 0 Å². The molecule has 0 unspecified atom stereocenters. The maximum absolute atomic E-state index is 3.97. The minimum atomic E-state index is 0.976. The standard InChI is InChI=1S/C20H26N/c1-3-4-5-9-16-21(17-19-10-7-6-8-11-19)20-14-12-18(2)13-15-20/h6-8,10-15H,2-5,9,16-17H2,1H3. The molecule has 2 rings (SSSR count). The molecule has 1 nitrogen and oxygen atoms in total. The molecule has 21 heavy (non-hydrogen) atoms. The fourth-order valence-electron chi connectivity index (χ4n) is 2.54. The number of rotatable bonds is 8. The topological polar surface area (TPSA) is 3.24 Å². The van der Waals surface area contributed by atoms with Gasteiger partial charge in [0, 0.05) is 18.8 Å². The number of hydrogen-bond acceptors (Lipinski definition) is 1. The summed E-state index contributed by atoms with van der Waals surface area (Å²) >= 11 is 0. The van der Waals surface area contributed by atoms with Gasteiger partial charge in [0.05, 0.1) is 0 Å². The number of benzene rings is 2. The molecular weight excluding hydrogens is 254 g/mol. The molecule has 0 amide bonds. The molecule has 0 fully saturated rings. The van der Waals surface area contributed by atoms with E-state index in [0.29, 0.717) is 0 Å². The van der Waals surface area contributed by atoms with Gasteiger partial charge in [0.25, 0.3) is 0 Å². The third-order valence-electron chi connectivity index (χ3n) is 3.80. The molecule has 0 aliphatic carbocycles. The van der Waals surface area contributed by atoms with E-state index in [9.17, 15) is 0 Å². The third-order valence-corrected chi connectivity index (χ3v) is 3.80. The average molecular weight is 280 g/mol. The lowest BCUT2D eigenvalue weighted by atomic mass is 10.1. The van der Waals surface area contributed by atoms with Crippen molar-refractivity contribution in [3.8, 4) is 0 Å². The first-order valence-electron chi connectivity index (χ1n) is 8.00. The van der Waals surface area contributed by atoms with E-state index >= 15 is 0 Å². The largest absolute Gasteiger partial charge is 0.367 e. The van der Waals surface area contributed by atoms with Crippen molar-refractivity contribution >= 4 is 5.69 Å². The van der Waals surface area contributed by atoms with Gasteiger partial charge < -0.3 is 4.90 Å². The first kappa shape index (κ1) is 15.6. The lowest BCUT2D eigenvalue weighted by molar-refractivity contribution is 0.642. The molecule has 1 radical (unpaired) electrons. The van der Waals surface area contributed by atoms with Crippen molar-refractivity contribution in [2.24, 2.45) is 0 Å². The van der Waals surface area contributed by atoms with Crippen LogP contribution in [0, 0.1) is 6.92 Å². The highest BCUT2D eigenvalue weighted by Crippen LogP contribution is 2.19. The summed E-state index contributed by atoms with van der Waals surface area (Å²) in [5, 5.41) is 0. The summed E-state index contributed by atoms with van der Waals surface area (Å²) in [5.74, 6) is 0. The second kappa shape index (κ2) is 8.51. The Morgan fingerprint density at radius 1 is 0.857 bits per heavy atom. The summed E-state index contributed by atoms with van der Waals surface area (Å²) in [7, 11) is 0. The van der Waals surface area contributed by atoms with E-state index in [2.05, 4.69) is 73.3 Å². The normalized spacial score (nSPS) is 10.6. The second-order valence-corrected chi connectivity index (χ2v) is 5.63. The molecule has 0 spiro atoms. The average Bonchev–Trinajstić information content (AvgIpc) is 2.52. The van der Waals surface area contributed by atoms with E-state index in [1.807, 2.05) is 0 Å². The molecule has 0 heterocycles. The van der Waals surface area contributed by atoms with Crippen LogP contribution in [0.25, 0.3) is 0 Å². The monoisotopic (exact) mass is 280 g/mol. The Hall–Kier alpha value is -1.76. The van der Waals surface area contributed by atoms with Crippen molar-refractivity contribution in [2.75, 3.05) is 11.4 Å². The number of unbranched alkanes of at least 4 members (excludes halogenated alkanes) is 3. The van der Waals surface area contributed by atoms with Gasteiger partial charge in [0.2, 0.25) is 0 Å². The Labute approximate surface area is 129 Å². The summed E-state index contributed by atoms with van der Waals surface area (Å²) in [6, 6.07) is 19.3. The first-order chi connectivity index (χ1) is 10.3. The Morgan fingerprint density at radius 3 is 2.24 bits per heavy atom. The zero-order valence-corrected chi connectivity index (χ0v) is 13.1. The van der Waals surface area contributed by atoms with Crippen molar-refractivity contribution in [1.82, 2.24) is 0 Å². The smallest absolute Gasteiger partial charge is 0.0429 e. The number of hydrogen-bond donors (Lipinski definition) is 0. The predicted octanol–water partition coefficient (Wildman–Crippen LogP) is 5.46. The van der Waals surface area contributed by atoms with Crippen molar-refractivity contribution in [3.63, 3.8) is 0 Å². The third kappa shape index (κ3) is 5.26. The molecule has 0 aromatic heterocycles. The minimum Gasteiger partial charge on any atom is -0.367 e. The fraction of sp³-hybridized carbons (Fsp3) is 0.350. The van der Waals surface area contributed by atoms with Crippen LogP contribution in [0.3, 0.4) is 0 Å². The molecule has 0 atom stereocenters. The van der Waals surface area contributed by atoms with Gasteiger partial charge in [-0.15, -0.1) is 0 Å². The molecule has 0 N–H and O–H groups in total. The van der Waals surface area contributed by atoms with Crippen molar-refractivity contribution in [1.29, 1.82) is 0 Å². The Bertz CT molecular complexity index is 501. The molecule has 0 saturated carbocycles. The highest BCUT2D eigenvalue weighted by molar-refractivity contribution is 5.48. The highest BCUT2D eigenvalue weighted by atomic mass is 15.1. The lowest BCUT2D eigenvalue weighted by Gasteiger charge is -2.25. The molecule has 0 aliphatic heterocycles. The van der Waals surface area contributed by atoms with Gasteiger partial charge in [-0.2, -0.15) is 0 Å². The van der Waals surface area contributed by atoms with Gasteiger partial charge in [-0.05, 0) is 36.6 Å². The Morgan fingerprint density at radius 2 is 1.57 bits per heavy atom. The summed E-state index contributed by atoms with van der Waals surface area (Å²) in [4.78, 5) is 2.48. The molecule has 0 aliphatic rings. The maximum atomic E-state index is 3.97. The van der Waals surface area contributed by atoms with Crippen molar-refractivity contribution in [2.45, 2.75) is 39.2 Å². The molecule has 2 aromatic rings. The van der Waals surface area contributed by atoms with Crippen LogP contribution in [0.4, 0.5) is 5.69 Å². The number of anilines is 1. The summed E-state index contributed by atoms with van der Waals surface area (Å²) in [6.07, 6.45) is 5.19. The molecular formula is C20H26N. The fourth-order valence-corrected chi connectivity index (χ4v) is 2.54. The van der Waals surface area contributed by atoms with Crippen LogP contribution < -0.4 is 4.90 Å². The highest BCUT2D eigenvalue weighted by Gasteiger charge is 2.07. The summed E-state index contributed by atoms with van der Waals surface area (Å²) < 4.78 is 0. The zero-order valence-electron chi connectivity index (χ0n) is 13.1. The van der Waals surface area contributed by atoms with E-state index in [0.717, 1.165) is 18.7 Å². The van der Waals surface area contributed by atoms with E-state index < -0.39 is 0 Å². The van der Waals surface area contributed by atoms with Gasteiger partial charge in [-0.3, -0.25) is 0 Å². The van der Waals surface area contributed by atoms with Crippen LogP contribution in [0.5, 0.6) is 0 Å². The quantitative estimate of drug-likeness (QED) is 0.581. The summed E-state index contributed by atoms with van der Waals surface area (Å²) in [5.41, 5.74) is 3.74.